The zero-order valence-corrected chi connectivity index (χ0v) is 31.6. The Morgan fingerprint density at radius 3 is 1.76 bits per heavy atom. The highest BCUT2D eigenvalue weighted by Crippen LogP contribution is 2.42. The Hall–Kier alpha value is -7.86. The molecule has 2 heteroatoms. The van der Waals surface area contributed by atoms with E-state index in [2.05, 4.69) is 211 Å². The third-order valence-electron chi connectivity index (χ3n) is 11.3. The molecule has 1 heterocycles. The van der Waals surface area contributed by atoms with Crippen LogP contribution in [0.5, 0.6) is 0 Å². The topological polar surface area (TPSA) is 16.4 Å². The summed E-state index contributed by atoms with van der Waals surface area (Å²) in [6, 6.07) is 82.0. The van der Waals surface area contributed by atoms with E-state index in [1.165, 1.54) is 38.6 Å². The normalized spacial score (nSPS) is 11.3. The SMILES string of the molecule is c1ccc2cc(-c3ccc(N(c4ccccc4)c4ccc(-c5cccc(-c6cc(-c7cccc8c7oc7ccccc78)c7ccccc7c6)c5)cc4)cc3)ccc2c#1. The van der Waals surface area contributed by atoms with Gasteiger partial charge in [-0.05, 0) is 140 Å². The van der Waals surface area contributed by atoms with Crippen molar-refractivity contribution in [3.63, 3.8) is 0 Å². The van der Waals surface area contributed by atoms with Gasteiger partial charge >= 0.3 is 0 Å². The molecule has 0 saturated heterocycles. The Morgan fingerprint density at radius 2 is 0.966 bits per heavy atom. The second kappa shape index (κ2) is 14.0. The molecule has 270 valence electrons. The van der Waals surface area contributed by atoms with E-state index in [4.69, 9.17) is 4.42 Å². The second-order valence-electron chi connectivity index (χ2n) is 14.8. The van der Waals surface area contributed by atoms with E-state index in [1.807, 2.05) is 18.2 Å². The van der Waals surface area contributed by atoms with Gasteiger partial charge in [-0.1, -0.05) is 140 Å². The van der Waals surface area contributed by atoms with E-state index in [0.29, 0.717) is 0 Å². The number of benzene rings is 9. The van der Waals surface area contributed by atoms with Gasteiger partial charge in [0.2, 0.25) is 0 Å². The molecule has 0 N–H and O–H groups in total. The highest BCUT2D eigenvalue weighted by atomic mass is 16.3. The molecule has 2 nitrogen and oxygen atoms in total. The van der Waals surface area contributed by atoms with E-state index in [1.54, 1.807) is 0 Å². The van der Waals surface area contributed by atoms with Crippen molar-refractivity contribution in [3.05, 3.63) is 224 Å². The molecule has 0 saturated carbocycles. The van der Waals surface area contributed by atoms with Crippen molar-refractivity contribution in [2.24, 2.45) is 0 Å². The summed E-state index contributed by atoms with van der Waals surface area (Å²) in [6.45, 7) is 0. The number of fused-ring (bicyclic) bond motifs is 5. The molecule has 0 aliphatic rings. The second-order valence-corrected chi connectivity index (χ2v) is 14.8. The Morgan fingerprint density at radius 1 is 0.362 bits per heavy atom. The van der Waals surface area contributed by atoms with E-state index in [9.17, 15) is 0 Å². The Balaban J connectivity index is 0.942. The van der Waals surface area contributed by atoms with Gasteiger partial charge in [-0.2, -0.15) is 0 Å². The summed E-state index contributed by atoms with van der Waals surface area (Å²) >= 11 is 0. The van der Waals surface area contributed by atoms with Gasteiger partial charge in [-0.3, -0.25) is 0 Å². The van der Waals surface area contributed by atoms with Gasteiger partial charge in [0.05, 0.1) is 0 Å². The molecular formula is C56H35NO. The van der Waals surface area contributed by atoms with Crippen LogP contribution >= 0.6 is 0 Å². The van der Waals surface area contributed by atoms with E-state index < -0.39 is 0 Å². The van der Waals surface area contributed by atoms with Crippen LogP contribution in [0.3, 0.4) is 0 Å². The molecule has 0 aliphatic carbocycles. The average molecular weight is 738 g/mol. The maximum atomic E-state index is 6.52. The predicted molar refractivity (Wildman–Crippen MR) is 243 cm³/mol. The summed E-state index contributed by atoms with van der Waals surface area (Å²) in [7, 11) is 0. The first-order valence-corrected chi connectivity index (χ1v) is 19.7. The lowest BCUT2D eigenvalue weighted by Gasteiger charge is -2.26. The summed E-state index contributed by atoms with van der Waals surface area (Å²) in [5.41, 5.74) is 14.4. The molecule has 11 aromatic rings. The van der Waals surface area contributed by atoms with Crippen LogP contribution < -0.4 is 4.90 Å². The molecule has 0 radical (unpaired) electrons. The number of anilines is 3. The number of furan rings is 1. The minimum absolute atomic E-state index is 0.907. The van der Waals surface area contributed by atoms with Crippen LogP contribution in [0, 0.1) is 12.1 Å². The van der Waals surface area contributed by atoms with Gasteiger partial charge in [0, 0.05) is 38.8 Å². The molecule has 0 bridgehead atoms. The van der Waals surface area contributed by atoms with Gasteiger partial charge < -0.3 is 9.32 Å². The molecule has 1 aromatic heterocycles. The molecule has 0 atom stereocenters. The maximum Gasteiger partial charge on any atom is 0.143 e. The molecule has 11 rings (SSSR count). The van der Waals surface area contributed by atoms with Crippen molar-refractivity contribution in [1.82, 2.24) is 0 Å². The minimum Gasteiger partial charge on any atom is -0.455 e. The zero-order chi connectivity index (χ0) is 38.4. The van der Waals surface area contributed by atoms with Gasteiger partial charge in [0.15, 0.2) is 0 Å². The summed E-state index contributed by atoms with van der Waals surface area (Å²) < 4.78 is 6.52. The lowest BCUT2D eigenvalue weighted by atomic mass is 9.91. The summed E-state index contributed by atoms with van der Waals surface area (Å²) in [6.07, 6.45) is 0. The van der Waals surface area contributed by atoms with Gasteiger partial charge in [0.25, 0.3) is 0 Å². The van der Waals surface area contributed by atoms with Crippen molar-refractivity contribution in [1.29, 1.82) is 0 Å². The average Bonchev–Trinajstić information content (AvgIpc) is 3.69. The molecule has 58 heavy (non-hydrogen) atoms. The van der Waals surface area contributed by atoms with E-state index >= 15 is 0 Å². The first kappa shape index (κ1) is 33.5. The molecular weight excluding hydrogens is 703 g/mol. The van der Waals surface area contributed by atoms with Crippen molar-refractivity contribution in [2.45, 2.75) is 0 Å². The highest BCUT2D eigenvalue weighted by Gasteiger charge is 2.17. The fraction of sp³-hybridized carbons (Fsp3) is 0. The standard InChI is InChI=1S/C56H35NO/c1-2-17-47(18-3-1)57(49-32-28-40(29-33-49)44-25-24-38-12-4-5-13-41(38)35-44)48-30-26-39(27-31-48)42-15-10-16-43(34-42)46-36-45-14-6-7-19-50(45)54(37-46)53-22-11-21-52-51-20-8-9-23-55(51)58-56(52)53/h1-3,5-11,13-37H. The summed E-state index contributed by atoms with van der Waals surface area (Å²) in [5.74, 6) is 0. The van der Waals surface area contributed by atoms with Crippen LogP contribution in [0.4, 0.5) is 17.1 Å². The van der Waals surface area contributed by atoms with Gasteiger partial charge in [-0.25, -0.2) is 0 Å². The molecule has 0 aliphatic heterocycles. The molecule has 10 aromatic carbocycles. The van der Waals surface area contributed by atoms with Gasteiger partial charge in [-0.15, -0.1) is 0 Å². The summed E-state index contributed by atoms with van der Waals surface area (Å²) in [4.78, 5) is 2.31. The largest absolute Gasteiger partial charge is 0.455 e. The van der Waals surface area contributed by atoms with Crippen molar-refractivity contribution in [2.75, 3.05) is 4.90 Å². The lowest BCUT2D eigenvalue weighted by molar-refractivity contribution is 0.670. The van der Waals surface area contributed by atoms with Crippen LogP contribution in [-0.2, 0) is 0 Å². The Bertz CT molecular complexity index is 3270. The van der Waals surface area contributed by atoms with Gasteiger partial charge in [0.1, 0.15) is 11.2 Å². The number of para-hydroxylation sites is 3. The fourth-order valence-electron chi connectivity index (χ4n) is 8.41. The number of hydrogen-bond donors (Lipinski definition) is 0. The lowest BCUT2D eigenvalue weighted by Crippen LogP contribution is -2.09. The molecule has 0 unspecified atom stereocenters. The summed E-state index contributed by atoms with van der Waals surface area (Å²) in [5, 5.41) is 6.91. The number of rotatable bonds is 7. The Labute approximate surface area is 337 Å². The monoisotopic (exact) mass is 737 g/mol. The van der Waals surface area contributed by atoms with Crippen molar-refractivity contribution < 1.29 is 4.42 Å². The number of hydrogen-bond acceptors (Lipinski definition) is 2. The first-order chi connectivity index (χ1) is 28.7. The van der Waals surface area contributed by atoms with Crippen molar-refractivity contribution >= 4 is 60.5 Å². The van der Waals surface area contributed by atoms with Crippen LogP contribution in [0.1, 0.15) is 0 Å². The minimum atomic E-state index is 0.907. The zero-order valence-electron chi connectivity index (χ0n) is 31.6. The van der Waals surface area contributed by atoms with E-state index in [-0.39, 0.29) is 0 Å². The van der Waals surface area contributed by atoms with Crippen LogP contribution in [0.2, 0.25) is 0 Å². The van der Waals surface area contributed by atoms with Crippen LogP contribution in [-0.4, -0.2) is 0 Å². The third kappa shape index (κ3) is 5.95. The number of nitrogens with zero attached hydrogens (tertiary/aromatic N) is 1. The highest BCUT2D eigenvalue weighted by molar-refractivity contribution is 6.13. The first-order valence-electron chi connectivity index (χ1n) is 19.7. The molecule has 0 spiro atoms. The van der Waals surface area contributed by atoms with Crippen LogP contribution in [0.25, 0.3) is 88.0 Å². The van der Waals surface area contributed by atoms with Crippen LogP contribution in [0.15, 0.2) is 217 Å². The van der Waals surface area contributed by atoms with Crippen molar-refractivity contribution in [3.8, 4) is 44.5 Å². The smallest absolute Gasteiger partial charge is 0.143 e. The quantitative estimate of drug-likeness (QED) is 0.162. The maximum absolute atomic E-state index is 6.52. The fourth-order valence-corrected chi connectivity index (χ4v) is 8.41. The predicted octanol–water partition coefficient (Wildman–Crippen LogP) is 15.6. The molecule has 0 amide bonds. The Kier molecular flexibility index (Phi) is 8.09. The van der Waals surface area contributed by atoms with E-state index in [0.717, 1.165) is 66.5 Å². The molecule has 0 fully saturated rings. The third-order valence-corrected chi connectivity index (χ3v) is 11.3.